The van der Waals surface area contributed by atoms with Crippen molar-refractivity contribution in [2.45, 2.75) is 19.0 Å². The normalized spacial score (nSPS) is 17.2. The average Bonchev–Trinajstić information content (AvgIpc) is 2.50. The van der Waals surface area contributed by atoms with Gasteiger partial charge in [0.05, 0.1) is 0 Å². The molecule has 112 valence electrons. The van der Waals surface area contributed by atoms with Crippen LogP contribution in [0.3, 0.4) is 0 Å². The molecule has 1 fully saturated rings. The number of fused-ring (bicyclic) bond motifs is 1. The Labute approximate surface area is 128 Å². The lowest BCUT2D eigenvalue weighted by Gasteiger charge is -2.28. The maximum atomic E-state index is 13.1. The lowest BCUT2D eigenvalue weighted by Crippen LogP contribution is -2.37. The fraction of sp³-hybridized carbons (Fsp3) is 0.438. The summed E-state index contributed by atoms with van der Waals surface area (Å²) in [7, 11) is 0. The summed E-state index contributed by atoms with van der Waals surface area (Å²) in [4.78, 5) is 6.51. The van der Waals surface area contributed by atoms with Crippen molar-refractivity contribution in [3.8, 4) is 5.88 Å². The Morgan fingerprint density at radius 3 is 2.90 bits per heavy atom. The summed E-state index contributed by atoms with van der Waals surface area (Å²) >= 11 is 6.03. The summed E-state index contributed by atoms with van der Waals surface area (Å²) in [6, 6.07) is 7.62. The maximum Gasteiger partial charge on any atom is 0.221 e. The molecule has 0 saturated carbocycles. The molecule has 1 aliphatic heterocycles. The van der Waals surface area contributed by atoms with Crippen LogP contribution in [-0.2, 0) is 0 Å². The molecule has 0 bridgehead atoms. The molecule has 2 heterocycles. The van der Waals surface area contributed by atoms with Gasteiger partial charge in [-0.3, -0.25) is 4.90 Å². The molecule has 0 radical (unpaired) electrons. The highest BCUT2D eigenvalue weighted by molar-refractivity contribution is 6.31. The summed E-state index contributed by atoms with van der Waals surface area (Å²) in [5.74, 6) is 0.607. The van der Waals surface area contributed by atoms with Gasteiger partial charge in [0.1, 0.15) is 12.8 Å². The number of hydrogen-bond acceptors (Lipinski definition) is 3. The first-order chi connectivity index (χ1) is 10.2. The number of alkyl halides is 1. The molecule has 3 rings (SSSR count). The number of halogens is 2. The first kappa shape index (κ1) is 14.5. The lowest BCUT2D eigenvalue weighted by molar-refractivity contribution is 0.131. The van der Waals surface area contributed by atoms with Crippen molar-refractivity contribution in [3.63, 3.8) is 0 Å². The first-order valence-corrected chi connectivity index (χ1v) is 7.63. The van der Waals surface area contributed by atoms with Crippen molar-refractivity contribution in [2.24, 2.45) is 0 Å². The van der Waals surface area contributed by atoms with E-state index in [9.17, 15) is 4.39 Å². The van der Waals surface area contributed by atoms with Gasteiger partial charge < -0.3 is 4.74 Å². The number of ether oxygens (including phenoxy) is 1. The predicted molar refractivity (Wildman–Crippen MR) is 82.8 cm³/mol. The summed E-state index contributed by atoms with van der Waals surface area (Å²) in [5, 5.41) is 2.65. The van der Waals surface area contributed by atoms with E-state index in [2.05, 4.69) is 9.88 Å². The van der Waals surface area contributed by atoms with E-state index in [-0.39, 0.29) is 0 Å². The highest BCUT2D eigenvalue weighted by Crippen LogP contribution is 2.26. The zero-order valence-electron chi connectivity index (χ0n) is 11.8. The topological polar surface area (TPSA) is 25.4 Å². The van der Waals surface area contributed by atoms with E-state index in [1.165, 1.54) is 0 Å². The van der Waals surface area contributed by atoms with Crippen LogP contribution in [0.25, 0.3) is 10.8 Å². The number of rotatable bonds is 4. The Kier molecular flexibility index (Phi) is 4.56. The van der Waals surface area contributed by atoms with E-state index >= 15 is 0 Å². The second-order valence-electron chi connectivity index (χ2n) is 5.35. The summed E-state index contributed by atoms with van der Waals surface area (Å²) in [6.45, 7) is 2.96. The Hall–Kier alpha value is -1.39. The van der Waals surface area contributed by atoms with Crippen LogP contribution in [-0.4, -0.2) is 42.3 Å². The van der Waals surface area contributed by atoms with Gasteiger partial charge in [0.2, 0.25) is 5.88 Å². The maximum absolute atomic E-state index is 13.1. The van der Waals surface area contributed by atoms with Crippen molar-refractivity contribution in [1.82, 2.24) is 9.88 Å². The van der Waals surface area contributed by atoms with Gasteiger partial charge in [-0.15, -0.1) is 0 Å². The van der Waals surface area contributed by atoms with Crippen LogP contribution in [0.1, 0.15) is 12.8 Å². The highest BCUT2D eigenvalue weighted by Gasteiger charge is 2.18. The molecular weight excluding hydrogens is 291 g/mol. The van der Waals surface area contributed by atoms with E-state index in [4.69, 9.17) is 16.3 Å². The van der Waals surface area contributed by atoms with Crippen LogP contribution in [0.15, 0.2) is 30.5 Å². The standard InChI is InChI=1S/C16H18ClFN2O/c17-13-2-1-12-3-6-19-16(15(12)11-13)21-10-9-20-7-4-14(18)5-8-20/h1-3,6,11,14H,4-5,7-10H2. The zero-order valence-corrected chi connectivity index (χ0v) is 12.5. The molecule has 0 N–H and O–H groups in total. The van der Waals surface area contributed by atoms with Crippen LogP contribution >= 0.6 is 11.6 Å². The van der Waals surface area contributed by atoms with Gasteiger partial charge in [-0.25, -0.2) is 9.37 Å². The molecule has 0 spiro atoms. The van der Waals surface area contributed by atoms with Gasteiger partial charge in [-0.05, 0) is 36.4 Å². The third kappa shape index (κ3) is 3.63. The molecule has 0 amide bonds. The monoisotopic (exact) mass is 308 g/mol. The second kappa shape index (κ2) is 6.58. The zero-order chi connectivity index (χ0) is 14.7. The molecule has 21 heavy (non-hydrogen) atoms. The minimum absolute atomic E-state index is 0.551. The summed E-state index contributed by atoms with van der Waals surface area (Å²) < 4.78 is 18.9. The molecule has 0 atom stereocenters. The Morgan fingerprint density at radius 2 is 2.10 bits per heavy atom. The molecule has 1 aliphatic rings. The van der Waals surface area contributed by atoms with Crippen LogP contribution < -0.4 is 4.74 Å². The van der Waals surface area contributed by atoms with E-state index in [1.807, 2.05) is 24.3 Å². The van der Waals surface area contributed by atoms with Gasteiger partial charge in [0, 0.05) is 36.2 Å². The smallest absolute Gasteiger partial charge is 0.221 e. The second-order valence-corrected chi connectivity index (χ2v) is 5.78. The van der Waals surface area contributed by atoms with Crippen molar-refractivity contribution >= 4 is 22.4 Å². The third-order valence-electron chi connectivity index (χ3n) is 3.86. The molecule has 1 aromatic carbocycles. The number of pyridine rings is 1. The molecule has 0 aliphatic carbocycles. The first-order valence-electron chi connectivity index (χ1n) is 7.26. The van der Waals surface area contributed by atoms with Crippen LogP contribution in [0.5, 0.6) is 5.88 Å². The van der Waals surface area contributed by atoms with Crippen molar-refractivity contribution < 1.29 is 9.13 Å². The highest BCUT2D eigenvalue weighted by atomic mass is 35.5. The number of likely N-dealkylation sites (tertiary alicyclic amines) is 1. The molecule has 0 unspecified atom stereocenters. The average molecular weight is 309 g/mol. The van der Waals surface area contributed by atoms with Gasteiger partial charge in [-0.1, -0.05) is 17.7 Å². The quantitative estimate of drug-likeness (QED) is 0.861. The summed E-state index contributed by atoms with van der Waals surface area (Å²) in [5.41, 5.74) is 0. The molecule has 5 heteroatoms. The summed E-state index contributed by atoms with van der Waals surface area (Å²) in [6.07, 6.45) is 2.36. The van der Waals surface area contributed by atoms with E-state index in [1.54, 1.807) is 6.20 Å². The van der Waals surface area contributed by atoms with Gasteiger partial charge in [0.25, 0.3) is 0 Å². The number of hydrogen-bond donors (Lipinski definition) is 0. The predicted octanol–water partition coefficient (Wildman–Crippen LogP) is 3.70. The van der Waals surface area contributed by atoms with Crippen molar-refractivity contribution in [3.05, 3.63) is 35.5 Å². The van der Waals surface area contributed by atoms with E-state index in [0.29, 0.717) is 30.4 Å². The van der Waals surface area contributed by atoms with Crippen LogP contribution in [0.4, 0.5) is 4.39 Å². The van der Waals surface area contributed by atoms with Crippen molar-refractivity contribution in [2.75, 3.05) is 26.2 Å². The van der Waals surface area contributed by atoms with Crippen molar-refractivity contribution in [1.29, 1.82) is 0 Å². The van der Waals surface area contributed by atoms with Gasteiger partial charge >= 0.3 is 0 Å². The Morgan fingerprint density at radius 1 is 1.29 bits per heavy atom. The fourth-order valence-electron chi connectivity index (χ4n) is 2.63. The van der Waals surface area contributed by atoms with Crippen LogP contribution in [0, 0.1) is 0 Å². The lowest BCUT2D eigenvalue weighted by atomic mass is 10.1. The molecular formula is C16H18ClFN2O. The molecule has 2 aromatic rings. The molecule has 1 aromatic heterocycles. The number of nitrogens with zero attached hydrogens (tertiary/aromatic N) is 2. The SMILES string of the molecule is FC1CCN(CCOc2nccc3ccc(Cl)cc23)CC1. The minimum atomic E-state index is -0.635. The van der Waals surface area contributed by atoms with E-state index in [0.717, 1.165) is 30.4 Å². The third-order valence-corrected chi connectivity index (χ3v) is 4.09. The minimum Gasteiger partial charge on any atom is -0.476 e. The van der Waals surface area contributed by atoms with E-state index < -0.39 is 6.17 Å². The van der Waals surface area contributed by atoms with Crippen LogP contribution in [0.2, 0.25) is 5.02 Å². The molecule has 1 saturated heterocycles. The number of piperidine rings is 1. The van der Waals surface area contributed by atoms with Gasteiger partial charge in [0.15, 0.2) is 0 Å². The fourth-order valence-corrected chi connectivity index (χ4v) is 2.80. The Bertz CT molecular complexity index is 614. The van der Waals surface area contributed by atoms with Gasteiger partial charge in [-0.2, -0.15) is 0 Å². The molecule has 3 nitrogen and oxygen atoms in total. The number of aromatic nitrogens is 1. The largest absolute Gasteiger partial charge is 0.476 e. The Balaban J connectivity index is 1.61. The number of benzene rings is 1.